The van der Waals surface area contributed by atoms with Crippen LogP contribution in [0.3, 0.4) is 0 Å². The van der Waals surface area contributed by atoms with Gasteiger partial charge in [0.05, 0.1) is 12.7 Å². The van der Waals surface area contributed by atoms with Crippen molar-refractivity contribution in [2.75, 3.05) is 19.0 Å². The molecule has 0 radical (unpaired) electrons. The number of anilines is 1. The van der Waals surface area contributed by atoms with Gasteiger partial charge < -0.3 is 14.8 Å². The van der Waals surface area contributed by atoms with Crippen LogP contribution in [0.5, 0.6) is 5.75 Å². The molecule has 26 heavy (non-hydrogen) atoms. The molecule has 0 heterocycles. The van der Waals surface area contributed by atoms with Crippen LogP contribution in [0, 0.1) is 6.92 Å². The van der Waals surface area contributed by atoms with Gasteiger partial charge in [-0.25, -0.2) is 4.79 Å². The Hall–Kier alpha value is -2.82. The molecule has 0 aliphatic heterocycles. The van der Waals surface area contributed by atoms with Crippen molar-refractivity contribution in [3.63, 3.8) is 0 Å². The van der Waals surface area contributed by atoms with E-state index in [4.69, 9.17) is 9.47 Å². The quantitative estimate of drug-likeness (QED) is 0.752. The first-order valence-corrected chi connectivity index (χ1v) is 8.66. The Morgan fingerprint density at radius 2 is 1.88 bits per heavy atom. The first-order valence-electron chi connectivity index (χ1n) is 8.66. The van der Waals surface area contributed by atoms with Gasteiger partial charge in [0.1, 0.15) is 5.75 Å². The summed E-state index contributed by atoms with van der Waals surface area (Å²) in [5.41, 5.74) is 2.96. The smallest absolute Gasteiger partial charge is 0.337 e. The second kappa shape index (κ2) is 9.04. The lowest BCUT2D eigenvalue weighted by atomic mass is 9.98. The van der Waals surface area contributed by atoms with Gasteiger partial charge >= 0.3 is 5.97 Å². The molecule has 5 nitrogen and oxygen atoms in total. The summed E-state index contributed by atoms with van der Waals surface area (Å²) in [4.78, 5) is 23.8. The van der Waals surface area contributed by atoms with Gasteiger partial charge in [0.25, 0.3) is 5.91 Å². The van der Waals surface area contributed by atoms with Crippen molar-refractivity contribution < 1.29 is 19.1 Å². The number of methoxy groups -OCH3 is 1. The molecule has 1 amide bonds. The number of hydrogen-bond acceptors (Lipinski definition) is 4. The zero-order valence-electron chi connectivity index (χ0n) is 15.7. The second-order valence-corrected chi connectivity index (χ2v) is 6.21. The Morgan fingerprint density at radius 1 is 1.15 bits per heavy atom. The molecule has 1 atom stereocenters. The van der Waals surface area contributed by atoms with Crippen molar-refractivity contribution in [1.82, 2.24) is 0 Å². The van der Waals surface area contributed by atoms with Crippen LogP contribution >= 0.6 is 0 Å². The van der Waals surface area contributed by atoms with E-state index in [2.05, 4.69) is 19.2 Å². The normalized spacial score (nSPS) is 11.5. The van der Waals surface area contributed by atoms with E-state index in [9.17, 15) is 9.59 Å². The van der Waals surface area contributed by atoms with Gasteiger partial charge in [0.15, 0.2) is 6.61 Å². The number of nitrogens with one attached hydrogen (secondary N) is 1. The molecule has 0 bridgehead atoms. The van der Waals surface area contributed by atoms with Crippen molar-refractivity contribution in [3.8, 4) is 5.75 Å². The molecule has 1 N–H and O–H groups in total. The molecule has 2 aromatic rings. The summed E-state index contributed by atoms with van der Waals surface area (Å²) >= 11 is 0. The first-order chi connectivity index (χ1) is 12.5. The van der Waals surface area contributed by atoms with Crippen LogP contribution in [0.4, 0.5) is 5.69 Å². The summed E-state index contributed by atoms with van der Waals surface area (Å²) in [6.07, 6.45) is 0.998. The third-order valence-electron chi connectivity index (χ3n) is 4.34. The molecule has 2 aromatic carbocycles. The Balaban J connectivity index is 2.01. The van der Waals surface area contributed by atoms with E-state index in [0.717, 1.165) is 23.3 Å². The molecule has 0 aromatic heterocycles. The number of hydrogen-bond donors (Lipinski definition) is 1. The van der Waals surface area contributed by atoms with Crippen molar-refractivity contribution >= 4 is 17.6 Å². The zero-order valence-corrected chi connectivity index (χ0v) is 15.7. The standard InChI is InChI=1S/C21H25NO4/c1-5-14(2)17-8-6-7-9-19(17)26-13-20(23)22-18-11-10-16(12-15(18)3)21(24)25-4/h6-12,14H,5,13H2,1-4H3,(H,22,23). The highest BCUT2D eigenvalue weighted by Gasteiger charge is 2.13. The Morgan fingerprint density at radius 3 is 2.54 bits per heavy atom. The minimum Gasteiger partial charge on any atom is -0.483 e. The van der Waals surface area contributed by atoms with Gasteiger partial charge in [-0.05, 0) is 54.7 Å². The molecule has 0 spiro atoms. The SMILES string of the molecule is CCC(C)c1ccccc1OCC(=O)Nc1ccc(C(=O)OC)cc1C. The van der Waals surface area contributed by atoms with E-state index in [0.29, 0.717) is 17.2 Å². The van der Waals surface area contributed by atoms with E-state index in [1.807, 2.05) is 31.2 Å². The van der Waals surface area contributed by atoms with Crippen LogP contribution in [0.1, 0.15) is 47.7 Å². The van der Waals surface area contributed by atoms with Crippen LogP contribution < -0.4 is 10.1 Å². The average Bonchev–Trinajstić information content (AvgIpc) is 2.66. The Bertz CT molecular complexity index is 785. The number of carbonyl (C=O) groups excluding carboxylic acids is 2. The predicted octanol–water partition coefficient (Wildman–Crippen LogP) is 4.31. The second-order valence-electron chi connectivity index (χ2n) is 6.21. The third-order valence-corrected chi connectivity index (χ3v) is 4.34. The summed E-state index contributed by atoms with van der Waals surface area (Å²) < 4.78 is 10.4. The van der Waals surface area contributed by atoms with Crippen molar-refractivity contribution in [1.29, 1.82) is 0 Å². The number of rotatable bonds is 7. The average molecular weight is 355 g/mol. The summed E-state index contributed by atoms with van der Waals surface area (Å²) in [5, 5.41) is 2.81. The van der Waals surface area contributed by atoms with Crippen LogP contribution in [0.25, 0.3) is 0 Å². The van der Waals surface area contributed by atoms with Gasteiger partial charge in [-0.2, -0.15) is 0 Å². The summed E-state index contributed by atoms with van der Waals surface area (Å²) in [6.45, 7) is 6.00. The van der Waals surface area contributed by atoms with E-state index in [-0.39, 0.29) is 12.5 Å². The number of amides is 1. The van der Waals surface area contributed by atoms with Crippen LogP contribution in [-0.4, -0.2) is 25.6 Å². The predicted molar refractivity (Wildman–Crippen MR) is 102 cm³/mol. The molecular weight excluding hydrogens is 330 g/mol. The monoisotopic (exact) mass is 355 g/mol. The highest BCUT2D eigenvalue weighted by Crippen LogP contribution is 2.28. The van der Waals surface area contributed by atoms with Gasteiger partial charge in [0, 0.05) is 5.69 Å². The first kappa shape index (κ1) is 19.5. The Kier molecular flexibility index (Phi) is 6.78. The van der Waals surface area contributed by atoms with Gasteiger partial charge in [-0.3, -0.25) is 4.79 Å². The van der Waals surface area contributed by atoms with Crippen molar-refractivity contribution in [3.05, 3.63) is 59.2 Å². The molecule has 2 rings (SSSR count). The maximum Gasteiger partial charge on any atom is 0.337 e. The van der Waals surface area contributed by atoms with Crippen LogP contribution in [0.15, 0.2) is 42.5 Å². The van der Waals surface area contributed by atoms with Crippen molar-refractivity contribution in [2.24, 2.45) is 0 Å². The number of ether oxygens (including phenoxy) is 2. The summed E-state index contributed by atoms with van der Waals surface area (Å²) in [5.74, 6) is 0.436. The molecule has 0 saturated carbocycles. The molecule has 0 aliphatic carbocycles. The fourth-order valence-corrected chi connectivity index (χ4v) is 2.62. The highest BCUT2D eigenvalue weighted by molar-refractivity contribution is 5.94. The number of esters is 1. The fraction of sp³-hybridized carbons (Fsp3) is 0.333. The largest absolute Gasteiger partial charge is 0.483 e. The van der Waals surface area contributed by atoms with Gasteiger partial charge in [0.2, 0.25) is 0 Å². The maximum atomic E-state index is 12.2. The fourth-order valence-electron chi connectivity index (χ4n) is 2.62. The molecule has 138 valence electrons. The van der Waals surface area contributed by atoms with Crippen LogP contribution in [0.2, 0.25) is 0 Å². The lowest BCUT2D eigenvalue weighted by Crippen LogP contribution is -2.21. The third kappa shape index (κ3) is 4.85. The van der Waals surface area contributed by atoms with E-state index >= 15 is 0 Å². The van der Waals surface area contributed by atoms with Gasteiger partial charge in [-0.1, -0.05) is 32.0 Å². The molecule has 5 heteroatoms. The van der Waals surface area contributed by atoms with E-state index in [1.54, 1.807) is 18.2 Å². The molecule has 1 unspecified atom stereocenters. The number of para-hydroxylation sites is 1. The zero-order chi connectivity index (χ0) is 19.1. The van der Waals surface area contributed by atoms with Gasteiger partial charge in [-0.15, -0.1) is 0 Å². The molecule has 0 fully saturated rings. The van der Waals surface area contributed by atoms with E-state index < -0.39 is 5.97 Å². The van der Waals surface area contributed by atoms with Crippen molar-refractivity contribution in [2.45, 2.75) is 33.1 Å². The Labute approximate surface area is 154 Å². The topological polar surface area (TPSA) is 64.6 Å². The molecule has 0 saturated heterocycles. The molecular formula is C21H25NO4. The molecule has 0 aliphatic rings. The number of benzene rings is 2. The lowest BCUT2D eigenvalue weighted by Gasteiger charge is -2.16. The lowest BCUT2D eigenvalue weighted by molar-refractivity contribution is -0.118. The van der Waals surface area contributed by atoms with Crippen LogP contribution in [-0.2, 0) is 9.53 Å². The summed E-state index contributed by atoms with van der Waals surface area (Å²) in [6, 6.07) is 12.8. The number of carbonyl (C=O) groups is 2. The summed E-state index contributed by atoms with van der Waals surface area (Å²) in [7, 11) is 1.34. The maximum absolute atomic E-state index is 12.2. The minimum absolute atomic E-state index is 0.0777. The minimum atomic E-state index is -0.407. The number of aryl methyl sites for hydroxylation is 1. The highest BCUT2D eigenvalue weighted by atomic mass is 16.5. The van der Waals surface area contributed by atoms with E-state index in [1.165, 1.54) is 7.11 Å².